The molecule has 0 fully saturated rings. The first-order valence-electron chi connectivity index (χ1n) is 10.6. The lowest BCUT2D eigenvalue weighted by atomic mass is 10.1. The second kappa shape index (κ2) is 16.8. The number of hydrogen-bond acceptors (Lipinski definition) is 4. The molecule has 0 unspecified atom stereocenters. The van der Waals surface area contributed by atoms with E-state index in [4.69, 9.17) is 14.6 Å². The molecule has 7 heteroatoms. The maximum atomic E-state index is 11.8. The molecule has 0 bridgehead atoms. The molecule has 3 N–H and O–H groups in total. The number of amides is 2. The van der Waals surface area contributed by atoms with E-state index in [2.05, 4.69) is 10.6 Å². The number of ether oxygens (including phenoxy) is 2. The maximum absolute atomic E-state index is 11.8. The van der Waals surface area contributed by atoms with Crippen LogP contribution in [-0.2, 0) is 14.3 Å². The van der Waals surface area contributed by atoms with Crippen molar-refractivity contribution in [2.45, 2.75) is 58.3 Å². The predicted molar refractivity (Wildman–Crippen MR) is 114 cm³/mol. The number of carbonyl (C=O) groups is 2. The lowest BCUT2D eigenvalue weighted by Crippen LogP contribution is -2.30. The molecule has 0 aliphatic heterocycles. The zero-order valence-corrected chi connectivity index (χ0v) is 17.6. The SMILES string of the molecule is Cc1ccc(NC(=O)NCCCOCCCCCCCCCOCC(=O)O)cc1. The average Bonchev–Trinajstić information content (AvgIpc) is 2.69. The molecular formula is C22H36N2O5. The Morgan fingerprint density at radius 2 is 1.38 bits per heavy atom. The highest BCUT2D eigenvalue weighted by Crippen LogP contribution is 2.08. The van der Waals surface area contributed by atoms with E-state index < -0.39 is 5.97 Å². The normalized spacial score (nSPS) is 10.7. The van der Waals surface area contributed by atoms with Crippen molar-refractivity contribution in [1.82, 2.24) is 5.32 Å². The Kier molecular flexibility index (Phi) is 14.4. The highest BCUT2D eigenvalue weighted by molar-refractivity contribution is 5.89. The van der Waals surface area contributed by atoms with Crippen molar-refractivity contribution < 1.29 is 24.2 Å². The van der Waals surface area contributed by atoms with E-state index in [0.717, 1.165) is 56.4 Å². The van der Waals surface area contributed by atoms with Crippen molar-refractivity contribution in [1.29, 1.82) is 0 Å². The van der Waals surface area contributed by atoms with Gasteiger partial charge in [-0.05, 0) is 38.3 Å². The van der Waals surface area contributed by atoms with Crippen LogP contribution in [0.5, 0.6) is 0 Å². The Hall–Kier alpha value is -2.12. The van der Waals surface area contributed by atoms with E-state index in [9.17, 15) is 9.59 Å². The minimum Gasteiger partial charge on any atom is -0.480 e. The van der Waals surface area contributed by atoms with Gasteiger partial charge in [-0.25, -0.2) is 9.59 Å². The number of unbranched alkanes of at least 4 members (excludes halogenated alkanes) is 6. The summed E-state index contributed by atoms with van der Waals surface area (Å²) >= 11 is 0. The van der Waals surface area contributed by atoms with Crippen LogP contribution in [0.15, 0.2) is 24.3 Å². The van der Waals surface area contributed by atoms with Crippen LogP contribution in [0.4, 0.5) is 10.5 Å². The van der Waals surface area contributed by atoms with E-state index in [-0.39, 0.29) is 12.6 Å². The molecule has 1 aromatic rings. The van der Waals surface area contributed by atoms with Crippen LogP contribution in [-0.4, -0.2) is 50.1 Å². The van der Waals surface area contributed by atoms with Crippen LogP contribution >= 0.6 is 0 Å². The molecule has 0 saturated carbocycles. The van der Waals surface area contributed by atoms with Crippen molar-refractivity contribution in [3.8, 4) is 0 Å². The third-order valence-corrected chi connectivity index (χ3v) is 4.36. The van der Waals surface area contributed by atoms with Crippen LogP contribution in [0.1, 0.15) is 56.9 Å². The first-order valence-corrected chi connectivity index (χ1v) is 10.6. The first-order chi connectivity index (χ1) is 14.1. The number of urea groups is 1. The summed E-state index contributed by atoms with van der Waals surface area (Å²) in [6, 6.07) is 7.50. The fraction of sp³-hybridized carbons (Fsp3) is 0.636. The predicted octanol–water partition coefficient (Wildman–Crippen LogP) is 4.36. The summed E-state index contributed by atoms with van der Waals surface area (Å²) in [5.41, 5.74) is 1.95. The third kappa shape index (κ3) is 15.5. The maximum Gasteiger partial charge on any atom is 0.329 e. The van der Waals surface area contributed by atoms with Gasteiger partial charge < -0.3 is 25.2 Å². The monoisotopic (exact) mass is 408 g/mol. The molecule has 0 spiro atoms. The minimum atomic E-state index is -0.910. The Balaban J connectivity index is 1.79. The number of carboxylic acids is 1. The number of nitrogens with one attached hydrogen (secondary N) is 2. The molecular weight excluding hydrogens is 372 g/mol. The quantitative estimate of drug-likeness (QED) is 0.333. The minimum absolute atomic E-state index is 0.192. The van der Waals surface area contributed by atoms with Gasteiger partial charge in [0.2, 0.25) is 0 Å². The van der Waals surface area contributed by atoms with Crippen molar-refractivity contribution in [3.63, 3.8) is 0 Å². The van der Waals surface area contributed by atoms with E-state index in [1.165, 1.54) is 12.8 Å². The molecule has 0 aliphatic carbocycles. The van der Waals surface area contributed by atoms with Gasteiger partial charge >= 0.3 is 12.0 Å². The van der Waals surface area contributed by atoms with Crippen molar-refractivity contribution in [3.05, 3.63) is 29.8 Å². The molecule has 0 saturated heterocycles. The summed E-state index contributed by atoms with van der Waals surface area (Å²) in [7, 11) is 0. The molecule has 0 atom stereocenters. The Morgan fingerprint density at radius 3 is 2.00 bits per heavy atom. The van der Waals surface area contributed by atoms with Crippen LogP contribution in [0.3, 0.4) is 0 Å². The summed E-state index contributed by atoms with van der Waals surface area (Å²) in [5, 5.41) is 14.1. The smallest absolute Gasteiger partial charge is 0.329 e. The van der Waals surface area contributed by atoms with Gasteiger partial charge in [0.15, 0.2) is 0 Å². The van der Waals surface area contributed by atoms with Gasteiger partial charge in [0, 0.05) is 32.1 Å². The summed E-state index contributed by atoms with van der Waals surface area (Å²) in [4.78, 5) is 22.0. The largest absolute Gasteiger partial charge is 0.480 e. The molecule has 164 valence electrons. The van der Waals surface area contributed by atoms with Crippen LogP contribution < -0.4 is 10.6 Å². The van der Waals surface area contributed by atoms with Crippen LogP contribution in [0.2, 0.25) is 0 Å². The number of anilines is 1. The van der Waals surface area contributed by atoms with E-state index >= 15 is 0 Å². The molecule has 7 nitrogen and oxygen atoms in total. The molecule has 0 heterocycles. The van der Waals surface area contributed by atoms with Gasteiger partial charge in [-0.2, -0.15) is 0 Å². The number of hydrogen-bond donors (Lipinski definition) is 3. The number of aryl methyl sites for hydroxylation is 1. The van der Waals surface area contributed by atoms with Gasteiger partial charge in [-0.1, -0.05) is 49.8 Å². The Bertz CT molecular complexity index is 563. The first kappa shape index (κ1) is 24.9. The Labute approximate surface area is 174 Å². The lowest BCUT2D eigenvalue weighted by Gasteiger charge is -2.08. The second-order valence-electron chi connectivity index (χ2n) is 7.13. The van der Waals surface area contributed by atoms with Crippen molar-refractivity contribution >= 4 is 17.7 Å². The molecule has 2 amide bonds. The van der Waals surface area contributed by atoms with Crippen molar-refractivity contribution in [2.24, 2.45) is 0 Å². The van der Waals surface area contributed by atoms with Gasteiger partial charge in [0.25, 0.3) is 0 Å². The number of aliphatic carboxylic acids is 1. The summed E-state index contributed by atoms with van der Waals surface area (Å²) in [5.74, 6) is -0.910. The average molecular weight is 409 g/mol. The number of carbonyl (C=O) groups excluding carboxylic acids is 1. The molecule has 0 aromatic heterocycles. The topological polar surface area (TPSA) is 96.9 Å². The fourth-order valence-corrected chi connectivity index (χ4v) is 2.74. The van der Waals surface area contributed by atoms with Crippen LogP contribution in [0, 0.1) is 6.92 Å². The molecule has 0 radical (unpaired) electrons. The molecule has 0 aliphatic rings. The Morgan fingerprint density at radius 1 is 0.828 bits per heavy atom. The lowest BCUT2D eigenvalue weighted by molar-refractivity contribution is -0.142. The fourth-order valence-electron chi connectivity index (χ4n) is 2.74. The zero-order chi connectivity index (χ0) is 21.2. The number of carboxylic acid groups (broad SMARTS) is 1. The molecule has 29 heavy (non-hydrogen) atoms. The summed E-state index contributed by atoms with van der Waals surface area (Å²) in [6.45, 7) is 4.35. The van der Waals surface area contributed by atoms with Gasteiger partial charge in [-0.3, -0.25) is 0 Å². The van der Waals surface area contributed by atoms with E-state index in [1.54, 1.807) is 0 Å². The van der Waals surface area contributed by atoms with E-state index in [1.807, 2.05) is 31.2 Å². The van der Waals surface area contributed by atoms with Gasteiger partial charge in [0.1, 0.15) is 6.61 Å². The van der Waals surface area contributed by atoms with E-state index in [0.29, 0.717) is 19.8 Å². The van der Waals surface area contributed by atoms with Crippen molar-refractivity contribution in [2.75, 3.05) is 38.3 Å². The highest BCUT2D eigenvalue weighted by Gasteiger charge is 2.00. The van der Waals surface area contributed by atoms with Gasteiger partial charge in [0.05, 0.1) is 0 Å². The van der Waals surface area contributed by atoms with Crippen LogP contribution in [0.25, 0.3) is 0 Å². The highest BCUT2D eigenvalue weighted by atomic mass is 16.5. The summed E-state index contributed by atoms with van der Waals surface area (Å²) in [6.07, 6.45) is 8.57. The standard InChI is InChI=1S/C22H36N2O5/c1-19-10-12-20(13-11-19)24-22(27)23-14-9-17-28-15-7-5-3-2-4-6-8-16-29-18-21(25)26/h10-13H,2-9,14-18H2,1H3,(H,25,26)(H2,23,24,27). The number of benzene rings is 1. The number of rotatable bonds is 17. The second-order valence-corrected chi connectivity index (χ2v) is 7.13. The summed E-state index contributed by atoms with van der Waals surface area (Å²) < 4.78 is 10.6. The zero-order valence-electron chi connectivity index (χ0n) is 17.6. The van der Waals surface area contributed by atoms with Gasteiger partial charge in [-0.15, -0.1) is 0 Å². The molecule has 1 rings (SSSR count). The third-order valence-electron chi connectivity index (χ3n) is 4.36. The molecule has 1 aromatic carbocycles.